The van der Waals surface area contributed by atoms with Gasteiger partial charge in [-0.3, -0.25) is 0 Å². The normalized spacial score (nSPS) is 15.7. The van der Waals surface area contributed by atoms with Crippen molar-refractivity contribution in [1.82, 2.24) is 0 Å². The van der Waals surface area contributed by atoms with Crippen LogP contribution in [0.3, 0.4) is 0 Å². The highest BCUT2D eigenvalue weighted by Crippen LogP contribution is 2.58. The maximum atomic E-state index is 6.73. The van der Waals surface area contributed by atoms with Gasteiger partial charge in [-0.1, -0.05) is 236 Å². The minimum absolute atomic E-state index is 0.157. The molecule has 0 saturated carbocycles. The predicted molar refractivity (Wildman–Crippen MR) is 347 cm³/mol. The van der Waals surface area contributed by atoms with Crippen LogP contribution in [0, 0.1) is 0 Å². The van der Waals surface area contributed by atoms with Crippen molar-refractivity contribution in [2.24, 2.45) is 0 Å². The molecule has 0 amide bonds. The summed E-state index contributed by atoms with van der Waals surface area (Å²) in [6, 6.07) is 95.7. The Morgan fingerprint density at radius 2 is 0.880 bits per heavy atom. The molecule has 0 N–H and O–H groups in total. The van der Waals surface area contributed by atoms with Crippen LogP contribution in [0.4, 0.5) is 17.1 Å². The Kier molecular flexibility index (Phi) is 13.2. The maximum absolute atomic E-state index is 6.73. The first-order valence-electron chi connectivity index (χ1n) is 30.2. The lowest BCUT2D eigenvalue weighted by molar-refractivity contribution is 0.481. The number of hydrogen-bond acceptors (Lipinski definition) is 2. The number of anilines is 3. The summed E-state index contributed by atoms with van der Waals surface area (Å²) >= 11 is 0. The first-order chi connectivity index (χ1) is 40.5. The summed E-state index contributed by atoms with van der Waals surface area (Å²) in [7, 11) is 0. The summed E-state index contributed by atoms with van der Waals surface area (Å²) in [4.78, 5) is 2.47. The molecule has 14 rings (SSSR count). The molecule has 11 aromatic carbocycles. The van der Waals surface area contributed by atoms with Crippen LogP contribution in [0.2, 0.25) is 0 Å². The molecule has 0 heterocycles. The van der Waals surface area contributed by atoms with Crippen LogP contribution < -0.4 is 9.64 Å². The van der Waals surface area contributed by atoms with Crippen molar-refractivity contribution in [2.75, 3.05) is 4.90 Å². The van der Waals surface area contributed by atoms with Crippen molar-refractivity contribution >= 4 is 17.1 Å². The van der Waals surface area contributed by atoms with Crippen LogP contribution in [-0.4, -0.2) is 0 Å². The first-order valence-corrected chi connectivity index (χ1v) is 30.2. The molecular weight excluding hydrogens is 1000 g/mol. The Balaban J connectivity index is 0.806. The van der Waals surface area contributed by atoms with Crippen LogP contribution in [0.1, 0.15) is 133 Å². The Morgan fingerprint density at radius 1 is 0.398 bits per heavy atom. The number of hydrogen-bond donors (Lipinski definition) is 0. The lowest BCUT2D eigenvalue weighted by Gasteiger charge is -2.35. The van der Waals surface area contributed by atoms with Crippen molar-refractivity contribution in [2.45, 2.75) is 95.8 Å². The van der Waals surface area contributed by atoms with Crippen LogP contribution in [-0.2, 0) is 23.7 Å². The number of benzene rings is 11. The highest BCUT2D eigenvalue weighted by Gasteiger charge is 2.47. The fraction of sp³-hybridized carbons (Fsp3) is 0.185. The molecule has 11 aromatic rings. The summed E-state index contributed by atoms with van der Waals surface area (Å²) < 4.78 is 6.73. The highest BCUT2D eigenvalue weighted by molar-refractivity contribution is 5.91. The molecule has 3 atom stereocenters. The largest absolute Gasteiger partial charge is 0.457 e. The van der Waals surface area contributed by atoms with E-state index >= 15 is 0 Å². The van der Waals surface area contributed by atoms with Gasteiger partial charge < -0.3 is 9.64 Å². The van der Waals surface area contributed by atoms with E-state index in [1.807, 2.05) is 0 Å². The predicted octanol–water partition coefficient (Wildman–Crippen LogP) is 21.9. The van der Waals surface area contributed by atoms with E-state index in [9.17, 15) is 0 Å². The Labute approximate surface area is 491 Å². The molecule has 3 aliphatic rings. The van der Waals surface area contributed by atoms with Gasteiger partial charge in [0.25, 0.3) is 0 Å². The Bertz CT molecular complexity index is 4170. The van der Waals surface area contributed by atoms with E-state index in [0.717, 1.165) is 41.4 Å². The number of rotatable bonds is 15. The smallest absolute Gasteiger partial charge is 0.127 e. The summed E-state index contributed by atoms with van der Waals surface area (Å²) in [5.74, 6) is 2.94. The van der Waals surface area contributed by atoms with Gasteiger partial charge >= 0.3 is 0 Å². The molecule has 3 aliphatic carbocycles. The third-order valence-electron chi connectivity index (χ3n) is 19.0. The molecule has 3 unspecified atom stereocenters. The lowest BCUT2D eigenvalue weighted by atomic mass is 9.67. The average Bonchev–Trinajstić information content (AvgIpc) is 1.71. The molecule has 2 heteroatoms. The summed E-state index contributed by atoms with van der Waals surface area (Å²) in [6.07, 6.45) is 4.63. The second-order valence-corrected chi connectivity index (χ2v) is 24.5. The molecule has 83 heavy (non-hydrogen) atoms. The fourth-order valence-electron chi connectivity index (χ4n) is 14.2. The molecule has 0 aliphatic heterocycles. The van der Waals surface area contributed by atoms with Crippen molar-refractivity contribution in [3.05, 3.63) is 316 Å². The van der Waals surface area contributed by atoms with E-state index in [-0.39, 0.29) is 5.41 Å². The number of nitrogens with zero attached hydrogens (tertiary/aromatic N) is 1. The molecular formula is C81H71NO. The van der Waals surface area contributed by atoms with E-state index < -0.39 is 5.41 Å². The maximum Gasteiger partial charge on any atom is 0.127 e. The molecule has 0 saturated heterocycles. The molecule has 0 bridgehead atoms. The second-order valence-electron chi connectivity index (χ2n) is 24.5. The van der Waals surface area contributed by atoms with Gasteiger partial charge in [-0.25, -0.2) is 0 Å². The van der Waals surface area contributed by atoms with E-state index in [0.29, 0.717) is 17.8 Å². The monoisotopic (exact) mass is 1070 g/mol. The van der Waals surface area contributed by atoms with Gasteiger partial charge in [-0.2, -0.15) is 0 Å². The Morgan fingerprint density at radius 3 is 1.51 bits per heavy atom. The lowest BCUT2D eigenvalue weighted by Crippen LogP contribution is -2.29. The summed E-state index contributed by atoms with van der Waals surface area (Å²) in [6.45, 7) is 14.0. The molecule has 0 fully saturated rings. The quantitative estimate of drug-likeness (QED) is 0.101. The van der Waals surface area contributed by atoms with Crippen molar-refractivity contribution in [3.8, 4) is 56.0 Å². The third kappa shape index (κ3) is 9.11. The highest BCUT2D eigenvalue weighted by atomic mass is 16.5. The van der Waals surface area contributed by atoms with Crippen LogP contribution in [0.25, 0.3) is 44.5 Å². The van der Waals surface area contributed by atoms with Crippen LogP contribution in [0.5, 0.6) is 11.5 Å². The third-order valence-corrected chi connectivity index (χ3v) is 19.0. The van der Waals surface area contributed by atoms with Crippen molar-refractivity contribution in [1.29, 1.82) is 0 Å². The zero-order valence-electron chi connectivity index (χ0n) is 48.7. The summed E-state index contributed by atoms with van der Waals surface area (Å²) in [5, 5.41) is 0. The number of aryl methyl sites for hydroxylation is 2. The standard InChI is InChI=1S/C81H71NO/c1-7-55(59-21-23-61(24-22-59)63-27-25-62-26-28-64(62)50-63)49-54(4)57-33-43-70(44-34-57)83-71-45-37-66(38-46-71)81(65-35-29-56(30-36-65)53(2)3)77-20-14-12-18-73(77)75-48-42-69(52-79(75)81)82(67-39-31-60(32-40-67)58-15-9-8-10-16-58)68-41-47-74-72-17-11-13-19-76(72)80(5,6)78(74)51-68/h8-25,27,29-48,50-55H,7,26,28,49H2,1-6H3. The molecule has 406 valence electrons. The van der Waals surface area contributed by atoms with Crippen LogP contribution >= 0.6 is 0 Å². The SMILES string of the molecule is CCC(CC(C)c1ccc(Oc2ccc(C3(c4ccc(C(C)C)cc4)c4ccccc4-c4ccc(N(c5ccc(-c6ccccc6)cc5)c5ccc6c(c5)C(C)(C)c5ccccc5-6)cc43)cc2)cc1)c1ccc(-c2ccc3c(c2)CC3)cc1. The van der Waals surface area contributed by atoms with Crippen LogP contribution in [0.15, 0.2) is 255 Å². The minimum Gasteiger partial charge on any atom is -0.457 e. The van der Waals surface area contributed by atoms with E-state index in [1.54, 1.807) is 0 Å². The van der Waals surface area contributed by atoms with Gasteiger partial charge in [0.15, 0.2) is 0 Å². The number of fused-ring (bicyclic) bond motifs is 7. The van der Waals surface area contributed by atoms with Gasteiger partial charge in [0.1, 0.15) is 11.5 Å². The van der Waals surface area contributed by atoms with Gasteiger partial charge in [0, 0.05) is 22.5 Å². The molecule has 0 aromatic heterocycles. The van der Waals surface area contributed by atoms with Crippen molar-refractivity contribution < 1.29 is 4.74 Å². The van der Waals surface area contributed by atoms with Gasteiger partial charge in [0.05, 0.1) is 5.41 Å². The fourth-order valence-corrected chi connectivity index (χ4v) is 14.2. The molecule has 0 spiro atoms. The van der Waals surface area contributed by atoms with Gasteiger partial charge in [-0.05, 0) is 210 Å². The summed E-state index contributed by atoms with van der Waals surface area (Å²) in [5.41, 5.74) is 27.5. The van der Waals surface area contributed by atoms with Gasteiger partial charge in [-0.15, -0.1) is 0 Å². The zero-order chi connectivity index (χ0) is 56.4. The van der Waals surface area contributed by atoms with E-state index in [1.165, 1.54) is 119 Å². The second kappa shape index (κ2) is 21.1. The minimum atomic E-state index is -0.640. The zero-order valence-corrected chi connectivity index (χ0v) is 48.7. The van der Waals surface area contributed by atoms with E-state index in [4.69, 9.17) is 4.74 Å². The van der Waals surface area contributed by atoms with Gasteiger partial charge in [0.2, 0.25) is 0 Å². The van der Waals surface area contributed by atoms with Crippen molar-refractivity contribution in [3.63, 3.8) is 0 Å². The first kappa shape index (κ1) is 52.1. The topological polar surface area (TPSA) is 12.5 Å². The average molecular weight is 1070 g/mol. The number of ether oxygens (including phenoxy) is 1. The molecule has 0 radical (unpaired) electrons. The van der Waals surface area contributed by atoms with E-state index in [2.05, 4.69) is 301 Å². The molecule has 2 nitrogen and oxygen atoms in total. The Hall–Kier alpha value is -8.98.